The number of nitrogens with one attached hydrogen (secondary N) is 1. The first-order valence-electron chi connectivity index (χ1n) is 5.43. The van der Waals surface area contributed by atoms with Crippen LogP contribution in [0.25, 0.3) is 0 Å². The standard InChI is InChI=1S/C11H18N2O2S2/c1-5-8(6-16-4)12-11-13-9(7(2)17-11)10(14)15-3/h8H,5-6H2,1-4H3,(H,12,13). The van der Waals surface area contributed by atoms with E-state index < -0.39 is 0 Å². The van der Waals surface area contributed by atoms with Crippen LogP contribution in [0.4, 0.5) is 5.13 Å². The summed E-state index contributed by atoms with van der Waals surface area (Å²) in [6, 6.07) is 0.390. The number of thioether (sulfide) groups is 1. The lowest BCUT2D eigenvalue weighted by Crippen LogP contribution is -2.21. The summed E-state index contributed by atoms with van der Waals surface area (Å²) in [4.78, 5) is 16.6. The van der Waals surface area contributed by atoms with Crippen LogP contribution in [0.15, 0.2) is 0 Å². The molecule has 17 heavy (non-hydrogen) atoms. The molecule has 0 radical (unpaired) electrons. The van der Waals surface area contributed by atoms with Gasteiger partial charge in [-0.15, -0.1) is 11.3 Å². The molecule has 4 nitrogen and oxygen atoms in total. The van der Waals surface area contributed by atoms with E-state index in [0.717, 1.165) is 22.2 Å². The number of rotatable bonds is 6. The van der Waals surface area contributed by atoms with Crippen molar-refractivity contribution in [3.63, 3.8) is 0 Å². The molecular formula is C11H18N2O2S2. The van der Waals surface area contributed by atoms with Crippen molar-refractivity contribution in [1.82, 2.24) is 4.98 Å². The van der Waals surface area contributed by atoms with E-state index >= 15 is 0 Å². The zero-order valence-electron chi connectivity index (χ0n) is 10.6. The minimum Gasteiger partial charge on any atom is -0.464 e. The van der Waals surface area contributed by atoms with Gasteiger partial charge in [0.2, 0.25) is 0 Å². The zero-order valence-corrected chi connectivity index (χ0v) is 12.2. The molecule has 0 aliphatic heterocycles. The van der Waals surface area contributed by atoms with E-state index in [1.165, 1.54) is 18.4 Å². The van der Waals surface area contributed by atoms with E-state index in [-0.39, 0.29) is 5.97 Å². The topological polar surface area (TPSA) is 51.2 Å². The zero-order chi connectivity index (χ0) is 12.8. The van der Waals surface area contributed by atoms with Gasteiger partial charge in [0.15, 0.2) is 10.8 Å². The Hall–Kier alpha value is -0.750. The number of aryl methyl sites for hydroxylation is 1. The van der Waals surface area contributed by atoms with E-state index in [9.17, 15) is 4.79 Å². The van der Waals surface area contributed by atoms with Crippen molar-refractivity contribution in [3.05, 3.63) is 10.6 Å². The number of thiazole rings is 1. The first kappa shape index (κ1) is 14.3. The van der Waals surface area contributed by atoms with Crippen LogP contribution in [0, 0.1) is 6.92 Å². The molecule has 0 fully saturated rings. The van der Waals surface area contributed by atoms with Gasteiger partial charge in [-0.05, 0) is 19.6 Å². The second-order valence-corrected chi connectivity index (χ2v) is 5.73. The van der Waals surface area contributed by atoms with Crippen molar-refractivity contribution in [3.8, 4) is 0 Å². The highest BCUT2D eigenvalue weighted by Gasteiger charge is 2.17. The van der Waals surface area contributed by atoms with E-state index in [0.29, 0.717) is 11.7 Å². The predicted octanol–water partition coefficient (Wildman–Crippen LogP) is 2.79. The van der Waals surface area contributed by atoms with Crippen molar-refractivity contribution in [2.24, 2.45) is 0 Å². The molecule has 0 saturated carbocycles. The Morgan fingerprint density at radius 3 is 2.88 bits per heavy atom. The number of esters is 1. The number of carbonyl (C=O) groups is 1. The molecule has 0 aliphatic carbocycles. The van der Waals surface area contributed by atoms with Gasteiger partial charge < -0.3 is 10.1 Å². The Kier molecular flexibility index (Phi) is 5.77. The van der Waals surface area contributed by atoms with Gasteiger partial charge in [0.05, 0.1) is 7.11 Å². The molecule has 0 aliphatic rings. The molecule has 1 atom stereocenters. The van der Waals surface area contributed by atoms with Crippen LogP contribution in [0.5, 0.6) is 0 Å². The lowest BCUT2D eigenvalue weighted by Gasteiger charge is -2.14. The highest BCUT2D eigenvalue weighted by atomic mass is 32.2. The van der Waals surface area contributed by atoms with E-state index in [4.69, 9.17) is 0 Å². The second kappa shape index (κ2) is 6.86. The monoisotopic (exact) mass is 274 g/mol. The summed E-state index contributed by atoms with van der Waals surface area (Å²) in [7, 11) is 1.37. The number of carbonyl (C=O) groups excluding carboxylic acids is 1. The van der Waals surface area contributed by atoms with Crippen molar-refractivity contribution in [1.29, 1.82) is 0 Å². The molecular weight excluding hydrogens is 256 g/mol. The summed E-state index contributed by atoms with van der Waals surface area (Å²) >= 11 is 3.29. The molecule has 1 aromatic rings. The third-order valence-corrected chi connectivity index (χ3v) is 4.00. The Bertz CT molecular complexity index is 380. The fourth-order valence-electron chi connectivity index (χ4n) is 1.38. The van der Waals surface area contributed by atoms with Gasteiger partial charge in [0, 0.05) is 16.7 Å². The molecule has 0 spiro atoms. The number of ether oxygens (including phenoxy) is 1. The van der Waals surface area contributed by atoms with Crippen LogP contribution in [0.3, 0.4) is 0 Å². The minimum absolute atomic E-state index is 0.371. The largest absolute Gasteiger partial charge is 0.464 e. The normalized spacial score (nSPS) is 12.2. The fourth-order valence-corrected chi connectivity index (χ4v) is 2.98. The third kappa shape index (κ3) is 3.89. The highest BCUT2D eigenvalue weighted by molar-refractivity contribution is 7.98. The summed E-state index contributed by atoms with van der Waals surface area (Å²) in [6.45, 7) is 4.01. The van der Waals surface area contributed by atoms with Crippen LogP contribution in [-0.2, 0) is 4.74 Å². The van der Waals surface area contributed by atoms with Crippen LogP contribution in [0.2, 0.25) is 0 Å². The highest BCUT2D eigenvalue weighted by Crippen LogP contribution is 2.24. The molecule has 1 aromatic heterocycles. The maximum atomic E-state index is 11.4. The smallest absolute Gasteiger partial charge is 0.357 e. The quantitative estimate of drug-likeness (QED) is 0.808. The number of nitrogens with zero attached hydrogens (tertiary/aromatic N) is 1. The Labute approximate surface area is 110 Å². The van der Waals surface area contributed by atoms with Crippen molar-refractivity contribution < 1.29 is 9.53 Å². The number of anilines is 1. The molecule has 1 N–H and O–H groups in total. The van der Waals surface area contributed by atoms with Crippen LogP contribution in [0.1, 0.15) is 28.7 Å². The summed E-state index contributed by atoms with van der Waals surface area (Å²) in [5.74, 6) is 0.660. The second-order valence-electron chi connectivity index (χ2n) is 3.62. The molecule has 1 unspecified atom stereocenters. The lowest BCUT2D eigenvalue weighted by atomic mass is 10.3. The Morgan fingerprint density at radius 2 is 2.35 bits per heavy atom. The fraction of sp³-hybridized carbons (Fsp3) is 0.636. The lowest BCUT2D eigenvalue weighted by molar-refractivity contribution is 0.0594. The first-order valence-corrected chi connectivity index (χ1v) is 7.64. The average Bonchev–Trinajstić information content (AvgIpc) is 2.68. The summed E-state index contributed by atoms with van der Waals surface area (Å²) in [5.41, 5.74) is 0.416. The minimum atomic E-state index is -0.371. The summed E-state index contributed by atoms with van der Waals surface area (Å²) < 4.78 is 4.68. The van der Waals surface area contributed by atoms with Gasteiger partial charge in [-0.25, -0.2) is 9.78 Å². The van der Waals surface area contributed by atoms with Crippen molar-refractivity contribution in [2.45, 2.75) is 26.3 Å². The van der Waals surface area contributed by atoms with Crippen LogP contribution < -0.4 is 5.32 Å². The van der Waals surface area contributed by atoms with E-state index in [2.05, 4.69) is 28.2 Å². The van der Waals surface area contributed by atoms with Crippen LogP contribution >= 0.6 is 23.1 Å². The molecule has 0 bridgehead atoms. The Balaban J connectivity index is 2.75. The van der Waals surface area contributed by atoms with Crippen molar-refractivity contribution in [2.75, 3.05) is 24.4 Å². The third-order valence-electron chi connectivity index (χ3n) is 2.36. The number of hydrogen-bond acceptors (Lipinski definition) is 6. The molecule has 0 saturated heterocycles. The predicted molar refractivity (Wildman–Crippen MR) is 74.3 cm³/mol. The first-order chi connectivity index (χ1) is 8.12. The van der Waals surface area contributed by atoms with Gasteiger partial charge in [0.1, 0.15) is 0 Å². The summed E-state index contributed by atoms with van der Waals surface area (Å²) in [5, 5.41) is 4.14. The molecule has 0 aromatic carbocycles. The van der Waals surface area contributed by atoms with Gasteiger partial charge >= 0.3 is 5.97 Å². The van der Waals surface area contributed by atoms with E-state index in [1.54, 1.807) is 11.8 Å². The van der Waals surface area contributed by atoms with Gasteiger partial charge in [-0.2, -0.15) is 11.8 Å². The average molecular weight is 274 g/mol. The molecule has 0 amide bonds. The maximum absolute atomic E-state index is 11.4. The molecule has 1 rings (SSSR count). The molecule has 96 valence electrons. The van der Waals surface area contributed by atoms with Gasteiger partial charge in [-0.3, -0.25) is 0 Å². The molecule has 6 heteroatoms. The van der Waals surface area contributed by atoms with Gasteiger partial charge in [0.25, 0.3) is 0 Å². The molecule has 1 heterocycles. The SMILES string of the molecule is CCC(CSC)Nc1nc(C(=O)OC)c(C)s1. The number of aromatic nitrogens is 1. The Morgan fingerprint density at radius 1 is 1.65 bits per heavy atom. The maximum Gasteiger partial charge on any atom is 0.357 e. The van der Waals surface area contributed by atoms with Crippen molar-refractivity contribution >= 4 is 34.2 Å². The summed E-state index contributed by atoms with van der Waals surface area (Å²) in [6.07, 6.45) is 3.12. The number of methoxy groups -OCH3 is 1. The van der Waals surface area contributed by atoms with E-state index in [1.807, 2.05) is 6.92 Å². The van der Waals surface area contributed by atoms with Crippen LogP contribution in [-0.4, -0.2) is 36.1 Å². The number of hydrogen-bond donors (Lipinski definition) is 1. The van der Waals surface area contributed by atoms with Gasteiger partial charge in [-0.1, -0.05) is 6.92 Å².